The van der Waals surface area contributed by atoms with E-state index in [1.165, 1.54) is 11.9 Å². The summed E-state index contributed by atoms with van der Waals surface area (Å²) in [7, 11) is 0. The van der Waals surface area contributed by atoms with E-state index in [0.717, 1.165) is 39.9 Å². The van der Waals surface area contributed by atoms with Gasteiger partial charge in [-0.25, -0.2) is 0 Å². The number of hydrogen-bond acceptors (Lipinski definition) is 5. The molecule has 4 rings (SSSR count). The molecule has 7 nitrogen and oxygen atoms in total. The van der Waals surface area contributed by atoms with Gasteiger partial charge in [0.15, 0.2) is 0 Å². The van der Waals surface area contributed by atoms with Gasteiger partial charge < -0.3 is 10.2 Å². The minimum atomic E-state index is -0.225. The standard InChI is InChI=1S/C24H25BrN6O/c1-5-30(6-2)19-7-8-23(16(4)9-19)31-28-21-10-15(3)20(12-22(21)29-31)27-24(32)17-11-18(25)14-26-13-17/h7-14H,5-6H2,1-4H3,(H,27,32). The normalized spacial score (nSPS) is 11.0. The average Bonchev–Trinajstić information content (AvgIpc) is 3.17. The number of halogens is 1. The fraction of sp³-hybridized carbons (Fsp3) is 0.250. The lowest BCUT2D eigenvalue weighted by molar-refractivity contribution is 0.102. The van der Waals surface area contributed by atoms with Gasteiger partial charge in [-0.3, -0.25) is 9.78 Å². The van der Waals surface area contributed by atoms with Gasteiger partial charge in [-0.2, -0.15) is 4.80 Å². The van der Waals surface area contributed by atoms with Gasteiger partial charge in [-0.15, -0.1) is 10.2 Å². The molecule has 0 radical (unpaired) electrons. The van der Waals surface area contributed by atoms with Gasteiger partial charge in [0.25, 0.3) is 5.91 Å². The Bertz CT molecular complexity index is 1300. The van der Waals surface area contributed by atoms with E-state index in [1.807, 2.05) is 19.1 Å². The minimum Gasteiger partial charge on any atom is -0.372 e. The lowest BCUT2D eigenvalue weighted by Crippen LogP contribution is -2.21. The SMILES string of the molecule is CCN(CC)c1ccc(-n2nc3cc(C)c(NC(=O)c4cncc(Br)c4)cc3n2)c(C)c1. The van der Waals surface area contributed by atoms with E-state index in [4.69, 9.17) is 0 Å². The molecule has 0 spiro atoms. The predicted octanol–water partition coefficient (Wildman–Crippen LogP) is 5.29. The molecular weight excluding hydrogens is 468 g/mol. The molecule has 0 saturated carbocycles. The van der Waals surface area contributed by atoms with E-state index in [2.05, 4.69) is 80.3 Å². The maximum Gasteiger partial charge on any atom is 0.257 e. The molecule has 0 aliphatic carbocycles. The number of aryl methyl sites for hydroxylation is 2. The molecule has 164 valence electrons. The van der Waals surface area contributed by atoms with Crippen molar-refractivity contribution in [1.29, 1.82) is 0 Å². The number of carbonyl (C=O) groups excluding carboxylic acids is 1. The molecule has 0 aliphatic heterocycles. The predicted molar refractivity (Wildman–Crippen MR) is 132 cm³/mol. The van der Waals surface area contributed by atoms with Crippen molar-refractivity contribution in [3.63, 3.8) is 0 Å². The Morgan fingerprint density at radius 1 is 1.00 bits per heavy atom. The minimum absolute atomic E-state index is 0.225. The first-order valence-electron chi connectivity index (χ1n) is 10.5. The lowest BCUT2D eigenvalue weighted by atomic mass is 10.1. The number of carbonyl (C=O) groups is 1. The topological polar surface area (TPSA) is 75.9 Å². The van der Waals surface area contributed by atoms with E-state index in [0.29, 0.717) is 16.8 Å². The van der Waals surface area contributed by atoms with Gasteiger partial charge in [-0.1, -0.05) is 0 Å². The molecule has 2 aromatic carbocycles. The summed E-state index contributed by atoms with van der Waals surface area (Å²) in [6.45, 7) is 10.2. The third-order valence-electron chi connectivity index (χ3n) is 5.47. The summed E-state index contributed by atoms with van der Waals surface area (Å²) in [6, 6.07) is 11.9. The highest BCUT2D eigenvalue weighted by atomic mass is 79.9. The van der Waals surface area contributed by atoms with Crippen molar-refractivity contribution in [3.05, 3.63) is 70.0 Å². The van der Waals surface area contributed by atoms with E-state index >= 15 is 0 Å². The molecule has 0 saturated heterocycles. The Balaban J connectivity index is 1.65. The third kappa shape index (κ3) is 4.36. The van der Waals surface area contributed by atoms with E-state index in [1.54, 1.807) is 17.1 Å². The molecule has 2 aromatic heterocycles. The number of aromatic nitrogens is 4. The van der Waals surface area contributed by atoms with E-state index in [-0.39, 0.29) is 5.91 Å². The molecule has 0 atom stereocenters. The van der Waals surface area contributed by atoms with Gasteiger partial charge >= 0.3 is 0 Å². The van der Waals surface area contributed by atoms with Crippen LogP contribution in [0.2, 0.25) is 0 Å². The number of rotatable bonds is 6. The molecule has 4 aromatic rings. The maximum atomic E-state index is 12.6. The largest absolute Gasteiger partial charge is 0.372 e. The van der Waals surface area contributed by atoms with Crippen molar-refractivity contribution < 1.29 is 4.79 Å². The van der Waals surface area contributed by atoms with Crippen LogP contribution in [0.1, 0.15) is 35.3 Å². The van der Waals surface area contributed by atoms with E-state index < -0.39 is 0 Å². The molecule has 0 bridgehead atoms. The molecule has 1 N–H and O–H groups in total. The van der Waals surface area contributed by atoms with Gasteiger partial charge in [0.05, 0.1) is 11.3 Å². The van der Waals surface area contributed by atoms with Crippen LogP contribution in [0, 0.1) is 13.8 Å². The van der Waals surface area contributed by atoms with Crippen LogP contribution >= 0.6 is 15.9 Å². The number of fused-ring (bicyclic) bond motifs is 1. The summed E-state index contributed by atoms with van der Waals surface area (Å²) in [4.78, 5) is 20.7. The number of amides is 1. The van der Waals surface area contributed by atoms with Crippen molar-refractivity contribution in [2.75, 3.05) is 23.3 Å². The summed E-state index contributed by atoms with van der Waals surface area (Å²) >= 11 is 3.35. The Morgan fingerprint density at radius 3 is 2.38 bits per heavy atom. The molecule has 1 amide bonds. The van der Waals surface area contributed by atoms with Crippen LogP contribution in [0.15, 0.2) is 53.3 Å². The zero-order chi connectivity index (χ0) is 22.8. The third-order valence-corrected chi connectivity index (χ3v) is 5.90. The van der Waals surface area contributed by atoms with Crippen LogP contribution in [-0.2, 0) is 0 Å². The Kier molecular flexibility index (Phi) is 6.23. The monoisotopic (exact) mass is 492 g/mol. The molecule has 0 unspecified atom stereocenters. The van der Waals surface area contributed by atoms with Crippen LogP contribution in [0.25, 0.3) is 16.7 Å². The van der Waals surface area contributed by atoms with Crippen LogP contribution in [-0.4, -0.2) is 39.0 Å². The van der Waals surface area contributed by atoms with E-state index in [9.17, 15) is 4.79 Å². The van der Waals surface area contributed by atoms with Crippen LogP contribution in [0.3, 0.4) is 0 Å². The Morgan fingerprint density at radius 2 is 1.72 bits per heavy atom. The molecule has 8 heteroatoms. The average molecular weight is 493 g/mol. The van der Waals surface area contributed by atoms with Gasteiger partial charge in [-0.05, 0) is 91.1 Å². The summed E-state index contributed by atoms with van der Waals surface area (Å²) in [5, 5.41) is 12.3. The number of nitrogens with zero attached hydrogens (tertiary/aromatic N) is 5. The van der Waals surface area contributed by atoms with Crippen molar-refractivity contribution in [2.24, 2.45) is 0 Å². The lowest BCUT2D eigenvalue weighted by Gasteiger charge is -2.22. The van der Waals surface area contributed by atoms with Gasteiger partial charge in [0.2, 0.25) is 0 Å². The van der Waals surface area contributed by atoms with Crippen molar-refractivity contribution >= 4 is 44.2 Å². The number of nitrogens with one attached hydrogen (secondary N) is 1. The first kappa shape index (κ1) is 22.0. The number of anilines is 2. The summed E-state index contributed by atoms with van der Waals surface area (Å²) in [5.41, 5.74) is 6.80. The number of pyridine rings is 1. The highest BCUT2D eigenvalue weighted by Crippen LogP contribution is 2.25. The summed E-state index contributed by atoms with van der Waals surface area (Å²) in [6.07, 6.45) is 3.18. The highest BCUT2D eigenvalue weighted by Gasteiger charge is 2.14. The second kappa shape index (κ2) is 9.08. The molecule has 0 aliphatic rings. The Labute approximate surface area is 195 Å². The van der Waals surface area contributed by atoms with Crippen molar-refractivity contribution in [1.82, 2.24) is 20.0 Å². The fourth-order valence-electron chi connectivity index (χ4n) is 3.69. The summed E-state index contributed by atoms with van der Waals surface area (Å²) in [5.74, 6) is -0.225. The quantitative estimate of drug-likeness (QED) is 0.395. The van der Waals surface area contributed by atoms with Gasteiger partial charge in [0.1, 0.15) is 11.0 Å². The maximum absolute atomic E-state index is 12.6. The zero-order valence-electron chi connectivity index (χ0n) is 18.6. The van der Waals surface area contributed by atoms with Crippen LogP contribution < -0.4 is 10.2 Å². The Hall–Kier alpha value is -3.26. The fourth-order valence-corrected chi connectivity index (χ4v) is 4.06. The number of hydrogen-bond donors (Lipinski definition) is 1. The van der Waals surface area contributed by atoms with Crippen molar-refractivity contribution in [2.45, 2.75) is 27.7 Å². The highest BCUT2D eigenvalue weighted by molar-refractivity contribution is 9.10. The second-order valence-electron chi connectivity index (χ2n) is 7.63. The molecule has 32 heavy (non-hydrogen) atoms. The number of benzene rings is 2. The first-order chi connectivity index (χ1) is 15.4. The van der Waals surface area contributed by atoms with Crippen molar-refractivity contribution in [3.8, 4) is 5.69 Å². The molecule has 2 heterocycles. The van der Waals surface area contributed by atoms with Gasteiger partial charge in [0, 0.05) is 41.3 Å². The smallest absolute Gasteiger partial charge is 0.257 e. The molecule has 0 fully saturated rings. The first-order valence-corrected chi connectivity index (χ1v) is 11.3. The molecular formula is C24H25BrN6O. The van der Waals surface area contributed by atoms with Crippen LogP contribution in [0.5, 0.6) is 0 Å². The zero-order valence-corrected chi connectivity index (χ0v) is 20.1. The van der Waals surface area contributed by atoms with Crippen LogP contribution in [0.4, 0.5) is 11.4 Å². The second-order valence-corrected chi connectivity index (χ2v) is 8.55. The summed E-state index contributed by atoms with van der Waals surface area (Å²) < 4.78 is 0.752.